The van der Waals surface area contributed by atoms with Crippen LogP contribution in [0.2, 0.25) is 0 Å². The lowest BCUT2D eigenvalue weighted by Crippen LogP contribution is -2.33. The largest absolute Gasteiger partial charge is 0.451 e. The summed E-state index contributed by atoms with van der Waals surface area (Å²) in [5, 5.41) is 2.84. The molecule has 0 aliphatic heterocycles. The molecule has 0 bridgehead atoms. The molecule has 0 saturated heterocycles. The maximum atomic E-state index is 11.7. The first-order valence-corrected chi connectivity index (χ1v) is 8.45. The normalized spacial score (nSPS) is 15.8. The van der Waals surface area contributed by atoms with E-state index >= 15 is 0 Å². The fourth-order valence-electron chi connectivity index (χ4n) is 2.33. The lowest BCUT2D eigenvalue weighted by molar-refractivity contribution is -0.124. The van der Waals surface area contributed by atoms with Crippen LogP contribution in [0, 0.1) is 5.92 Å². The van der Waals surface area contributed by atoms with Crippen molar-refractivity contribution in [3.05, 3.63) is 20.8 Å². The topological polar surface area (TPSA) is 55.4 Å². The van der Waals surface area contributed by atoms with Crippen molar-refractivity contribution in [1.82, 2.24) is 5.32 Å². The predicted molar refractivity (Wildman–Crippen MR) is 81.9 cm³/mol. The average molecular weight is 360 g/mol. The van der Waals surface area contributed by atoms with Crippen LogP contribution in [0.1, 0.15) is 41.8 Å². The van der Waals surface area contributed by atoms with Gasteiger partial charge in [0.2, 0.25) is 0 Å². The molecule has 0 aromatic carbocycles. The monoisotopic (exact) mass is 359 g/mol. The highest BCUT2D eigenvalue weighted by molar-refractivity contribution is 9.11. The first kappa shape index (κ1) is 15.5. The molecule has 0 radical (unpaired) electrons. The fraction of sp³-hybridized carbons (Fsp3) is 0.571. The van der Waals surface area contributed by atoms with Crippen LogP contribution >= 0.6 is 27.3 Å². The van der Waals surface area contributed by atoms with Crippen molar-refractivity contribution in [3.8, 4) is 0 Å². The number of carbonyl (C=O) groups excluding carboxylic acids is 2. The molecular formula is C14H18BrNO3S. The molecule has 1 aliphatic rings. The third-order valence-electron chi connectivity index (χ3n) is 3.42. The van der Waals surface area contributed by atoms with Crippen LogP contribution < -0.4 is 5.32 Å². The predicted octanol–water partition coefficient (Wildman–Crippen LogP) is 3.36. The van der Waals surface area contributed by atoms with Crippen LogP contribution in [0.25, 0.3) is 0 Å². The number of hydrogen-bond acceptors (Lipinski definition) is 4. The Balaban J connectivity index is 1.65. The van der Waals surface area contributed by atoms with E-state index in [4.69, 9.17) is 4.74 Å². The van der Waals surface area contributed by atoms with Crippen LogP contribution in [0.5, 0.6) is 0 Å². The van der Waals surface area contributed by atoms with E-state index in [1.807, 2.05) is 0 Å². The highest BCUT2D eigenvalue weighted by Crippen LogP contribution is 2.23. The number of carbonyl (C=O) groups is 2. The molecule has 1 amide bonds. The summed E-state index contributed by atoms with van der Waals surface area (Å²) in [5.41, 5.74) is 0. The van der Waals surface area contributed by atoms with Gasteiger partial charge >= 0.3 is 5.97 Å². The zero-order valence-corrected chi connectivity index (χ0v) is 13.6. The standard InChI is InChI=1S/C14H18BrNO3S/c15-12-7-6-11(20-12)14(18)19-9-13(17)16-8-10-4-2-1-3-5-10/h6-7,10H,1-5,8-9H2,(H,16,17). The summed E-state index contributed by atoms with van der Waals surface area (Å²) in [6, 6.07) is 3.46. The summed E-state index contributed by atoms with van der Waals surface area (Å²) in [5.74, 6) is -0.0929. The smallest absolute Gasteiger partial charge is 0.348 e. The lowest BCUT2D eigenvalue weighted by Gasteiger charge is -2.21. The summed E-state index contributed by atoms with van der Waals surface area (Å²) in [6.45, 7) is 0.488. The quantitative estimate of drug-likeness (QED) is 0.820. The molecule has 1 aliphatic carbocycles. The highest BCUT2D eigenvalue weighted by Gasteiger charge is 2.16. The molecule has 1 aromatic heterocycles. The Morgan fingerprint density at radius 3 is 2.70 bits per heavy atom. The summed E-state index contributed by atoms with van der Waals surface area (Å²) < 4.78 is 5.85. The summed E-state index contributed by atoms with van der Waals surface area (Å²) in [7, 11) is 0. The van der Waals surface area contributed by atoms with E-state index in [1.54, 1.807) is 12.1 Å². The third kappa shape index (κ3) is 4.90. The summed E-state index contributed by atoms with van der Waals surface area (Å²) >= 11 is 4.57. The Morgan fingerprint density at radius 1 is 1.30 bits per heavy atom. The van der Waals surface area contributed by atoms with Gasteiger partial charge in [-0.3, -0.25) is 4.79 Å². The van der Waals surface area contributed by atoms with Gasteiger partial charge in [0.15, 0.2) is 6.61 Å². The molecular weight excluding hydrogens is 342 g/mol. The number of thiophene rings is 1. The van der Waals surface area contributed by atoms with Gasteiger partial charge in [0.1, 0.15) is 4.88 Å². The highest BCUT2D eigenvalue weighted by atomic mass is 79.9. The first-order valence-electron chi connectivity index (χ1n) is 6.84. The molecule has 6 heteroatoms. The number of hydrogen-bond donors (Lipinski definition) is 1. The van der Waals surface area contributed by atoms with Gasteiger partial charge in [0.05, 0.1) is 3.79 Å². The Kier molecular flexibility index (Phi) is 6.04. The van der Waals surface area contributed by atoms with Gasteiger partial charge in [-0.1, -0.05) is 19.3 Å². The van der Waals surface area contributed by atoms with Crippen molar-refractivity contribution in [3.63, 3.8) is 0 Å². The average Bonchev–Trinajstić information content (AvgIpc) is 2.90. The van der Waals surface area contributed by atoms with Crippen molar-refractivity contribution in [2.24, 2.45) is 5.92 Å². The van der Waals surface area contributed by atoms with Gasteiger partial charge < -0.3 is 10.1 Å². The molecule has 110 valence electrons. The van der Waals surface area contributed by atoms with Crippen LogP contribution in [0.4, 0.5) is 0 Å². The van der Waals surface area contributed by atoms with Crippen LogP contribution in [0.15, 0.2) is 15.9 Å². The first-order chi connectivity index (χ1) is 9.65. The molecule has 2 rings (SSSR count). The van der Waals surface area contributed by atoms with Crippen molar-refractivity contribution >= 4 is 39.1 Å². The number of halogens is 1. The molecule has 1 aromatic rings. The van der Waals surface area contributed by atoms with Gasteiger partial charge in [-0.2, -0.15) is 0 Å². The lowest BCUT2D eigenvalue weighted by atomic mass is 9.89. The molecule has 1 N–H and O–H groups in total. The third-order valence-corrected chi connectivity index (χ3v) is 5.03. The molecule has 1 heterocycles. The molecule has 1 saturated carbocycles. The van der Waals surface area contributed by atoms with Gasteiger partial charge in [0, 0.05) is 6.54 Å². The Hall–Kier alpha value is -0.880. The van der Waals surface area contributed by atoms with Crippen LogP contribution in [-0.4, -0.2) is 25.0 Å². The van der Waals surface area contributed by atoms with Gasteiger partial charge in [0.25, 0.3) is 5.91 Å². The minimum absolute atomic E-state index is 0.207. The van der Waals surface area contributed by atoms with E-state index in [2.05, 4.69) is 21.2 Å². The van der Waals surface area contributed by atoms with Crippen molar-refractivity contribution in [2.45, 2.75) is 32.1 Å². The zero-order chi connectivity index (χ0) is 14.4. The van der Waals surface area contributed by atoms with Gasteiger partial charge in [-0.15, -0.1) is 11.3 Å². The summed E-state index contributed by atoms with van der Waals surface area (Å²) in [4.78, 5) is 23.8. The Bertz CT molecular complexity index is 469. The van der Waals surface area contributed by atoms with Crippen LogP contribution in [-0.2, 0) is 9.53 Å². The Morgan fingerprint density at radius 2 is 2.05 bits per heavy atom. The molecule has 20 heavy (non-hydrogen) atoms. The second-order valence-corrected chi connectivity index (χ2v) is 7.45. The number of rotatable bonds is 5. The van der Waals surface area contributed by atoms with Crippen molar-refractivity contribution < 1.29 is 14.3 Å². The number of amides is 1. The van der Waals surface area contributed by atoms with E-state index in [0.717, 1.165) is 3.79 Å². The second kappa shape index (κ2) is 7.78. The second-order valence-electron chi connectivity index (χ2n) is 4.99. The number of ether oxygens (including phenoxy) is 1. The van der Waals surface area contributed by atoms with E-state index in [0.29, 0.717) is 17.3 Å². The van der Waals surface area contributed by atoms with Gasteiger partial charge in [-0.05, 0) is 46.8 Å². The minimum Gasteiger partial charge on any atom is -0.451 e. The van der Waals surface area contributed by atoms with Crippen LogP contribution in [0.3, 0.4) is 0 Å². The molecule has 0 atom stereocenters. The van der Waals surface area contributed by atoms with E-state index in [-0.39, 0.29) is 12.5 Å². The Labute approximate surface area is 131 Å². The van der Waals surface area contributed by atoms with E-state index < -0.39 is 5.97 Å². The number of esters is 1. The van der Waals surface area contributed by atoms with Crippen molar-refractivity contribution in [1.29, 1.82) is 0 Å². The maximum Gasteiger partial charge on any atom is 0.348 e. The fourth-order valence-corrected chi connectivity index (χ4v) is 3.61. The van der Waals surface area contributed by atoms with E-state index in [1.165, 1.54) is 43.4 Å². The van der Waals surface area contributed by atoms with E-state index in [9.17, 15) is 9.59 Å². The van der Waals surface area contributed by atoms with Gasteiger partial charge in [-0.25, -0.2) is 4.79 Å². The molecule has 1 fully saturated rings. The minimum atomic E-state index is -0.450. The SMILES string of the molecule is O=C(COC(=O)c1ccc(Br)s1)NCC1CCCCC1. The molecule has 4 nitrogen and oxygen atoms in total. The van der Waals surface area contributed by atoms with Crippen molar-refractivity contribution in [2.75, 3.05) is 13.2 Å². The maximum absolute atomic E-state index is 11.7. The molecule has 0 unspecified atom stereocenters. The molecule has 0 spiro atoms. The summed E-state index contributed by atoms with van der Waals surface area (Å²) in [6.07, 6.45) is 6.18. The zero-order valence-electron chi connectivity index (χ0n) is 11.2. The number of nitrogens with one attached hydrogen (secondary N) is 1.